The van der Waals surface area contributed by atoms with Crippen molar-refractivity contribution in [1.82, 2.24) is 35.1 Å². The van der Waals surface area contributed by atoms with Crippen LogP contribution in [0.3, 0.4) is 0 Å². The average Bonchev–Trinajstić information content (AvgIpc) is 3.70. The summed E-state index contributed by atoms with van der Waals surface area (Å²) in [5.74, 6) is -1.33. The third-order valence-electron chi connectivity index (χ3n) is 11.3. The standard InChI is InChI=1S/C45H55N7O7/c1-6-30(2)39(51-24-23-49(43(51)56)27-35-16-12-13-31(3)47-35)41(54)48-37(25-32-14-8-7-9-15-32)38(53)28-50(52(44(57)58)40-42(55)59-29-45(40,4)5)26-33-18-20-34(21-19-33)36-17-10-11-22-46-36/h7-22,30,37-40,53H,6,23-29H2,1-5H3,(H,48,54)(H,57,58)/t30-,37-,38-,39-,40?/m0/s1. The summed E-state index contributed by atoms with van der Waals surface area (Å²) in [5, 5.41) is 28.5. The lowest BCUT2D eigenvalue weighted by molar-refractivity contribution is -0.151. The fraction of sp³-hybridized carbons (Fsp3) is 0.422. The lowest BCUT2D eigenvalue weighted by Crippen LogP contribution is -2.61. The molecule has 4 heterocycles. The maximum absolute atomic E-state index is 14.6. The topological polar surface area (TPSA) is 169 Å². The molecule has 4 aromatic rings. The highest BCUT2D eigenvalue weighted by atomic mass is 16.5. The van der Waals surface area contributed by atoms with Crippen molar-refractivity contribution >= 4 is 24.0 Å². The number of pyridine rings is 2. The second-order valence-corrected chi connectivity index (χ2v) is 16.3. The van der Waals surface area contributed by atoms with Gasteiger partial charge in [-0.1, -0.05) is 101 Å². The van der Waals surface area contributed by atoms with Crippen molar-refractivity contribution < 1.29 is 34.1 Å². The highest BCUT2D eigenvalue weighted by Crippen LogP contribution is 2.34. The Kier molecular flexibility index (Phi) is 13.6. The molecule has 6 rings (SSSR count). The molecule has 0 saturated carbocycles. The fourth-order valence-corrected chi connectivity index (χ4v) is 7.90. The number of aliphatic hydroxyl groups excluding tert-OH is 1. The third kappa shape index (κ3) is 10.2. The Morgan fingerprint density at radius 3 is 2.32 bits per heavy atom. The van der Waals surface area contributed by atoms with Crippen LogP contribution < -0.4 is 5.32 Å². The molecule has 5 atom stereocenters. The summed E-state index contributed by atoms with van der Waals surface area (Å²) in [5.41, 5.74) is 3.91. The first kappa shape index (κ1) is 42.7. The molecule has 59 heavy (non-hydrogen) atoms. The number of carbonyl (C=O) groups excluding carboxylic acids is 3. The first-order valence-electron chi connectivity index (χ1n) is 20.2. The Labute approximate surface area is 345 Å². The van der Waals surface area contributed by atoms with E-state index in [1.54, 1.807) is 29.8 Å². The van der Waals surface area contributed by atoms with Crippen LogP contribution in [0.15, 0.2) is 97.2 Å². The van der Waals surface area contributed by atoms with Crippen LogP contribution in [0.4, 0.5) is 9.59 Å². The van der Waals surface area contributed by atoms with E-state index in [1.807, 2.05) is 112 Å². The zero-order valence-electron chi connectivity index (χ0n) is 34.4. The first-order chi connectivity index (χ1) is 28.2. The zero-order chi connectivity index (χ0) is 42.3. The maximum Gasteiger partial charge on any atom is 0.422 e. The Bertz CT molecular complexity index is 2070. The second kappa shape index (κ2) is 18.8. The summed E-state index contributed by atoms with van der Waals surface area (Å²) < 4.78 is 5.39. The van der Waals surface area contributed by atoms with Crippen LogP contribution in [-0.2, 0) is 33.8 Å². The van der Waals surface area contributed by atoms with Crippen LogP contribution >= 0.6 is 0 Å². The number of aromatic nitrogens is 2. The molecule has 0 bridgehead atoms. The monoisotopic (exact) mass is 805 g/mol. The number of nitrogens with zero attached hydrogens (tertiary/aromatic N) is 6. The van der Waals surface area contributed by atoms with Crippen molar-refractivity contribution in [3.8, 4) is 11.3 Å². The highest BCUT2D eigenvalue weighted by Gasteiger charge is 2.51. The van der Waals surface area contributed by atoms with Gasteiger partial charge in [0.15, 0.2) is 6.04 Å². The van der Waals surface area contributed by atoms with E-state index in [9.17, 15) is 29.4 Å². The number of aliphatic hydroxyl groups is 1. The van der Waals surface area contributed by atoms with E-state index >= 15 is 0 Å². The molecule has 14 nitrogen and oxygen atoms in total. The number of rotatable bonds is 17. The van der Waals surface area contributed by atoms with Crippen molar-refractivity contribution in [2.75, 3.05) is 26.2 Å². The van der Waals surface area contributed by atoms with Gasteiger partial charge in [-0.15, -0.1) is 0 Å². The second-order valence-electron chi connectivity index (χ2n) is 16.3. The molecule has 1 unspecified atom stereocenters. The fourth-order valence-electron chi connectivity index (χ4n) is 7.90. The summed E-state index contributed by atoms with van der Waals surface area (Å²) in [4.78, 5) is 67.2. The maximum atomic E-state index is 14.6. The van der Waals surface area contributed by atoms with Crippen LogP contribution in [-0.4, -0.2) is 114 Å². The Balaban J connectivity index is 1.29. The van der Waals surface area contributed by atoms with E-state index in [-0.39, 0.29) is 38.1 Å². The summed E-state index contributed by atoms with van der Waals surface area (Å²) in [6.45, 7) is 10.1. The number of amides is 4. The SMILES string of the molecule is CC[C@H](C)[C@@H](C(=O)N[C@@H](Cc1ccccc1)[C@@H](O)CN(Cc1ccc(-c2ccccn2)cc1)N(C(=O)O)C1C(=O)OCC1(C)C)N1CCN(Cc2cccc(C)n2)C1=O. The molecule has 2 saturated heterocycles. The van der Waals surface area contributed by atoms with Crippen molar-refractivity contribution in [3.05, 3.63) is 120 Å². The predicted octanol–water partition coefficient (Wildman–Crippen LogP) is 5.54. The minimum atomic E-state index is -1.39. The lowest BCUT2D eigenvalue weighted by Gasteiger charge is -2.41. The Hall–Kier alpha value is -5.86. The molecule has 312 valence electrons. The molecule has 2 aromatic heterocycles. The van der Waals surface area contributed by atoms with Crippen LogP contribution in [0.2, 0.25) is 0 Å². The molecule has 0 spiro atoms. The normalized spacial score (nSPS) is 18.3. The van der Waals surface area contributed by atoms with Gasteiger partial charge in [-0.3, -0.25) is 14.8 Å². The van der Waals surface area contributed by atoms with E-state index in [0.717, 1.165) is 33.2 Å². The summed E-state index contributed by atoms with van der Waals surface area (Å²) in [6.07, 6.45) is -0.211. The molecular formula is C45H55N7O7. The number of aryl methyl sites for hydroxylation is 1. The molecule has 2 aromatic carbocycles. The summed E-state index contributed by atoms with van der Waals surface area (Å²) >= 11 is 0. The van der Waals surface area contributed by atoms with Crippen LogP contribution in [0, 0.1) is 18.3 Å². The number of urea groups is 1. The van der Waals surface area contributed by atoms with Gasteiger partial charge in [-0.2, -0.15) is 0 Å². The van der Waals surface area contributed by atoms with E-state index in [1.165, 1.54) is 5.01 Å². The van der Waals surface area contributed by atoms with Gasteiger partial charge in [-0.05, 0) is 54.7 Å². The van der Waals surface area contributed by atoms with E-state index in [4.69, 9.17) is 4.74 Å². The Morgan fingerprint density at radius 2 is 1.69 bits per heavy atom. The van der Waals surface area contributed by atoms with Crippen LogP contribution in [0.5, 0.6) is 0 Å². The summed E-state index contributed by atoms with van der Waals surface area (Å²) in [7, 11) is 0. The van der Waals surface area contributed by atoms with Crippen molar-refractivity contribution in [1.29, 1.82) is 0 Å². The minimum Gasteiger partial charge on any atom is -0.464 e. The van der Waals surface area contributed by atoms with Gasteiger partial charge in [0.05, 0.1) is 36.7 Å². The van der Waals surface area contributed by atoms with Crippen LogP contribution in [0.25, 0.3) is 11.3 Å². The predicted molar refractivity (Wildman–Crippen MR) is 221 cm³/mol. The Morgan fingerprint density at radius 1 is 0.966 bits per heavy atom. The molecule has 2 fully saturated rings. The molecule has 3 N–H and O–H groups in total. The first-order valence-corrected chi connectivity index (χ1v) is 20.2. The van der Waals surface area contributed by atoms with Gasteiger partial charge < -0.3 is 30.1 Å². The van der Waals surface area contributed by atoms with Gasteiger partial charge in [0.25, 0.3) is 0 Å². The number of esters is 1. The van der Waals surface area contributed by atoms with E-state index in [0.29, 0.717) is 31.6 Å². The molecular weight excluding hydrogens is 751 g/mol. The number of hydrazine groups is 1. The lowest BCUT2D eigenvalue weighted by atomic mass is 9.87. The summed E-state index contributed by atoms with van der Waals surface area (Å²) in [6, 6.07) is 24.9. The molecule has 0 radical (unpaired) electrons. The molecule has 0 aliphatic carbocycles. The van der Waals surface area contributed by atoms with Crippen molar-refractivity contribution in [2.24, 2.45) is 11.3 Å². The largest absolute Gasteiger partial charge is 0.464 e. The van der Waals surface area contributed by atoms with E-state index in [2.05, 4.69) is 15.3 Å². The van der Waals surface area contributed by atoms with Gasteiger partial charge in [0, 0.05) is 49.0 Å². The van der Waals surface area contributed by atoms with Crippen LogP contribution in [0.1, 0.15) is 56.6 Å². The number of carboxylic acid groups (broad SMARTS) is 1. The quantitative estimate of drug-likeness (QED) is 0.0911. The number of cyclic esters (lactones) is 1. The molecule has 14 heteroatoms. The van der Waals surface area contributed by atoms with Gasteiger partial charge >= 0.3 is 18.1 Å². The van der Waals surface area contributed by atoms with E-state index < -0.39 is 47.6 Å². The number of hydrogen-bond donors (Lipinski definition) is 3. The van der Waals surface area contributed by atoms with Gasteiger partial charge in [0.2, 0.25) is 5.91 Å². The van der Waals surface area contributed by atoms with Crippen molar-refractivity contribution in [3.63, 3.8) is 0 Å². The van der Waals surface area contributed by atoms with Crippen molar-refractivity contribution in [2.45, 2.75) is 84.8 Å². The minimum absolute atomic E-state index is 0.00112. The third-order valence-corrected chi connectivity index (χ3v) is 11.3. The number of ether oxygens (including phenoxy) is 1. The van der Waals surface area contributed by atoms with Gasteiger partial charge in [0.1, 0.15) is 6.04 Å². The number of benzene rings is 2. The molecule has 4 amide bonds. The highest BCUT2D eigenvalue weighted by molar-refractivity contribution is 5.88. The number of hydrogen-bond acceptors (Lipinski definition) is 9. The number of carbonyl (C=O) groups is 4. The molecule has 2 aliphatic rings. The molecule has 2 aliphatic heterocycles. The number of nitrogens with one attached hydrogen (secondary N) is 1. The van der Waals surface area contributed by atoms with Gasteiger partial charge in [-0.25, -0.2) is 24.4 Å². The smallest absolute Gasteiger partial charge is 0.422 e. The average molecular weight is 806 g/mol. The zero-order valence-corrected chi connectivity index (χ0v) is 34.4.